The van der Waals surface area contributed by atoms with Crippen molar-refractivity contribution < 1.29 is 15.1 Å². The third kappa shape index (κ3) is 5.42. The van der Waals surface area contributed by atoms with Gasteiger partial charge in [-0.3, -0.25) is 14.9 Å². The maximum atomic E-state index is 11.1. The van der Waals surface area contributed by atoms with Crippen LogP contribution in [0.5, 0.6) is 0 Å². The summed E-state index contributed by atoms with van der Waals surface area (Å²) in [6.07, 6.45) is 13.2. The number of carbonyl (C=O) groups excluding carboxylic acids is 1. The maximum Gasteiger partial charge on any atom is 0.267 e. The molecule has 148 valence electrons. The predicted octanol–water partition coefficient (Wildman–Crippen LogP) is 2.57. The number of aromatic amines is 1. The molecule has 6 heteroatoms. The molecular weight excluding hydrogens is 354 g/mol. The molecule has 1 atom stereocenters. The molecule has 1 aromatic heterocycles. The zero-order chi connectivity index (χ0) is 19.8. The lowest BCUT2D eigenvalue weighted by Gasteiger charge is -2.23. The van der Waals surface area contributed by atoms with Gasteiger partial charge in [-0.1, -0.05) is 42.5 Å². The van der Waals surface area contributed by atoms with Crippen LogP contribution in [0.2, 0.25) is 0 Å². The smallest absolute Gasteiger partial charge is 0.267 e. The van der Waals surface area contributed by atoms with E-state index in [4.69, 9.17) is 5.21 Å². The number of aromatic nitrogens is 1. The van der Waals surface area contributed by atoms with E-state index in [-0.39, 0.29) is 12.5 Å². The van der Waals surface area contributed by atoms with Gasteiger partial charge in [0.15, 0.2) is 0 Å². The number of hydrogen-bond donors (Lipinski definition) is 4. The van der Waals surface area contributed by atoms with Crippen LogP contribution in [0.15, 0.2) is 66.4 Å². The first-order valence-corrected chi connectivity index (χ1v) is 9.57. The molecule has 1 unspecified atom stereocenters. The van der Waals surface area contributed by atoms with Crippen molar-refractivity contribution in [1.82, 2.24) is 15.4 Å². The number of fused-ring (bicyclic) bond motifs is 1. The number of aliphatic hydroxyl groups excluding tert-OH is 1. The molecule has 0 spiro atoms. The average molecular weight is 381 g/mol. The van der Waals surface area contributed by atoms with Gasteiger partial charge in [0, 0.05) is 42.8 Å². The number of allylic oxidation sites excluding steroid dienone is 3. The molecular formula is C22H27N3O3. The van der Waals surface area contributed by atoms with Crippen LogP contribution in [0.1, 0.15) is 12.0 Å². The maximum absolute atomic E-state index is 11.1. The molecule has 1 aromatic carbocycles. The quantitative estimate of drug-likeness (QED) is 0.305. The summed E-state index contributed by atoms with van der Waals surface area (Å²) < 4.78 is 0. The number of rotatable bonds is 9. The van der Waals surface area contributed by atoms with Crippen LogP contribution in [0.25, 0.3) is 10.9 Å². The largest absolute Gasteiger partial charge is 0.395 e. The second-order valence-corrected chi connectivity index (χ2v) is 6.98. The number of hydrogen-bond acceptors (Lipinski definition) is 4. The lowest BCUT2D eigenvalue weighted by molar-refractivity contribution is -0.124. The summed E-state index contributed by atoms with van der Waals surface area (Å²) in [5, 5.41) is 19.2. The fourth-order valence-corrected chi connectivity index (χ4v) is 3.48. The molecule has 1 aliphatic rings. The molecule has 6 nitrogen and oxygen atoms in total. The first kappa shape index (κ1) is 20.1. The van der Waals surface area contributed by atoms with Gasteiger partial charge in [-0.2, -0.15) is 0 Å². The SMILES string of the molecule is O=C(/C=C/C1C=CC(CN(CCO)CCc2c[nH]c3ccccc23)=CC1)NO. The van der Waals surface area contributed by atoms with Crippen LogP contribution in [-0.4, -0.2) is 52.3 Å². The Balaban J connectivity index is 1.55. The van der Waals surface area contributed by atoms with Crippen LogP contribution in [0, 0.1) is 5.92 Å². The van der Waals surface area contributed by atoms with E-state index in [9.17, 15) is 9.90 Å². The fraction of sp³-hybridized carbons (Fsp3) is 0.318. The van der Waals surface area contributed by atoms with Gasteiger partial charge < -0.3 is 10.1 Å². The number of carbonyl (C=O) groups is 1. The highest BCUT2D eigenvalue weighted by Gasteiger charge is 2.12. The van der Waals surface area contributed by atoms with E-state index in [1.165, 1.54) is 22.6 Å². The molecule has 3 rings (SSSR count). The van der Waals surface area contributed by atoms with Crippen molar-refractivity contribution in [3.05, 3.63) is 72.0 Å². The van der Waals surface area contributed by atoms with Gasteiger partial charge in [0.2, 0.25) is 0 Å². The minimum absolute atomic E-state index is 0.131. The van der Waals surface area contributed by atoms with Gasteiger partial charge in [0.25, 0.3) is 5.91 Å². The lowest BCUT2D eigenvalue weighted by atomic mass is 9.96. The van der Waals surface area contributed by atoms with E-state index in [1.54, 1.807) is 11.6 Å². The second-order valence-electron chi connectivity index (χ2n) is 6.98. The number of aliphatic hydroxyl groups is 1. The molecule has 4 N–H and O–H groups in total. The lowest BCUT2D eigenvalue weighted by Crippen LogP contribution is -2.31. The Hall–Kier alpha value is -2.67. The van der Waals surface area contributed by atoms with Crippen LogP contribution in [0.4, 0.5) is 0 Å². The number of nitrogens with one attached hydrogen (secondary N) is 2. The highest BCUT2D eigenvalue weighted by molar-refractivity contribution is 5.86. The van der Waals surface area contributed by atoms with Gasteiger partial charge >= 0.3 is 0 Å². The van der Waals surface area contributed by atoms with Crippen molar-refractivity contribution in [3.8, 4) is 0 Å². The summed E-state index contributed by atoms with van der Waals surface area (Å²) in [4.78, 5) is 16.6. The van der Waals surface area contributed by atoms with E-state index in [2.05, 4.69) is 52.5 Å². The number of amides is 1. The first-order chi connectivity index (χ1) is 13.7. The van der Waals surface area contributed by atoms with E-state index < -0.39 is 5.91 Å². The highest BCUT2D eigenvalue weighted by atomic mass is 16.5. The van der Waals surface area contributed by atoms with Gasteiger partial charge in [0.05, 0.1) is 6.61 Å². The average Bonchev–Trinajstić information content (AvgIpc) is 3.14. The van der Waals surface area contributed by atoms with Crippen molar-refractivity contribution in [2.75, 3.05) is 26.2 Å². The topological polar surface area (TPSA) is 88.6 Å². The fourth-order valence-electron chi connectivity index (χ4n) is 3.48. The number of hydroxylamine groups is 1. The Labute approximate surface area is 164 Å². The standard InChI is InChI=1S/C22H27N3O3/c26-14-13-25(12-11-19-15-23-21-4-2-1-3-20(19)21)16-18-7-5-17(6-8-18)9-10-22(27)24-28/h1-5,7-10,15,17,23,26,28H,6,11-14,16H2,(H,24,27)/b10-9+. The summed E-state index contributed by atoms with van der Waals surface area (Å²) in [5.74, 6) is -0.367. The summed E-state index contributed by atoms with van der Waals surface area (Å²) in [6.45, 7) is 2.42. The van der Waals surface area contributed by atoms with Gasteiger partial charge in [-0.05, 0) is 36.0 Å². The summed E-state index contributed by atoms with van der Waals surface area (Å²) in [5.41, 5.74) is 5.25. The molecule has 2 aromatic rings. The molecule has 0 fully saturated rings. The zero-order valence-corrected chi connectivity index (χ0v) is 15.8. The highest BCUT2D eigenvalue weighted by Crippen LogP contribution is 2.20. The molecule has 0 aliphatic heterocycles. The molecule has 0 bridgehead atoms. The Morgan fingerprint density at radius 2 is 2.18 bits per heavy atom. The Morgan fingerprint density at radius 1 is 1.32 bits per heavy atom. The van der Waals surface area contributed by atoms with E-state index in [1.807, 2.05) is 6.07 Å². The van der Waals surface area contributed by atoms with Crippen molar-refractivity contribution in [1.29, 1.82) is 0 Å². The van der Waals surface area contributed by atoms with Crippen molar-refractivity contribution >= 4 is 16.8 Å². The Morgan fingerprint density at radius 3 is 2.93 bits per heavy atom. The van der Waals surface area contributed by atoms with Crippen LogP contribution in [0.3, 0.4) is 0 Å². The van der Waals surface area contributed by atoms with Crippen molar-refractivity contribution in [2.45, 2.75) is 12.8 Å². The Bertz CT molecular complexity index is 882. The molecule has 0 saturated carbocycles. The third-order valence-corrected chi connectivity index (χ3v) is 5.01. The predicted molar refractivity (Wildman–Crippen MR) is 110 cm³/mol. The van der Waals surface area contributed by atoms with Gasteiger partial charge in [-0.25, -0.2) is 5.48 Å². The summed E-state index contributed by atoms with van der Waals surface area (Å²) in [7, 11) is 0. The number of para-hydroxylation sites is 1. The minimum Gasteiger partial charge on any atom is -0.395 e. The van der Waals surface area contributed by atoms with E-state index in [0.717, 1.165) is 31.4 Å². The van der Waals surface area contributed by atoms with Gasteiger partial charge in [0.1, 0.15) is 0 Å². The van der Waals surface area contributed by atoms with E-state index >= 15 is 0 Å². The molecule has 28 heavy (non-hydrogen) atoms. The van der Waals surface area contributed by atoms with Crippen molar-refractivity contribution in [3.63, 3.8) is 0 Å². The van der Waals surface area contributed by atoms with Crippen LogP contribution >= 0.6 is 0 Å². The number of nitrogens with zero attached hydrogens (tertiary/aromatic N) is 1. The third-order valence-electron chi connectivity index (χ3n) is 5.01. The monoisotopic (exact) mass is 381 g/mol. The van der Waals surface area contributed by atoms with Crippen LogP contribution in [-0.2, 0) is 11.2 Å². The Kier molecular flexibility index (Phi) is 7.19. The summed E-state index contributed by atoms with van der Waals surface area (Å²) in [6, 6.07) is 8.30. The first-order valence-electron chi connectivity index (χ1n) is 9.57. The normalized spacial score (nSPS) is 16.8. The summed E-state index contributed by atoms with van der Waals surface area (Å²) >= 11 is 0. The minimum atomic E-state index is -0.519. The molecule has 0 radical (unpaired) electrons. The number of benzene rings is 1. The van der Waals surface area contributed by atoms with E-state index in [0.29, 0.717) is 6.54 Å². The number of H-pyrrole nitrogens is 1. The van der Waals surface area contributed by atoms with Crippen molar-refractivity contribution in [2.24, 2.45) is 5.92 Å². The molecule has 1 amide bonds. The van der Waals surface area contributed by atoms with Crippen LogP contribution < -0.4 is 5.48 Å². The molecule has 0 saturated heterocycles. The molecule has 1 aliphatic carbocycles. The van der Waals surface area contributed by atoms with Gasteiger partial charge in [-0.15, -0.1) is 0 Å². The molecule has 1 heterocycles. The zero-order valence-electron chi connectivity index (χ0n) is 15.8. The second kappa shape index (κ2) is 10.0.